The normalized spacial score (nSPS) is 16.0. The third kappa shape index (κ3) is 5.24. The van der Waals surface area contributed by atoms with Crippen LogP contribution in [-0.4, -0.2) is 46.7 Å². The van der Waals surface area contributed by atoms with Crippen LogP contribution in [0.5, 0.6) is 0 Å². The van der Waals surface area contributed by atoms with Crippen molar-refractivity contribution in [2.45, 2.75) is 46.2 Å². The largest absolute Gasteiger partial charge is 0.350 e. The van der Waals surface area contributed by atoms with Crippen LogP contribution in [0.4, 0.5) is 0 Å². The Morgan fingerprint density at radius 1 is 1.20 bits per heavy atom. The van der Waals surface area contributed by atoms with E-state index in [1.807, 2.05) is 36.7 Å². The summed E-state index contributed by atoms with van der Waals surface area (Å²) in [6.07, 6.45) is 1.42. The summed E-state index contributed by atoms with van der Waals surface area (Å²) in [7, 11) is 0. The molecule has 1 aromatic carbocycles. The first-order chi connectivity index (χ1) is 14.4. The number of rotatable bonds is 7. The van der Waals surface area contributed by atoms with E-state index in [1.54, 1.807) is 30.1 Å². The van der Waals surface area contributed by atoms with Crippen molar-refractivity contribution in [3.05, 3.63) is 41.0 Å². The minimum absolute atomic E-state index is 0.0702. The number of thiazole rings is 1. The third-order valence-corrected chi connectivity index (χ3v) is 6.22. The average Bonchev–Trinajstić information content (AvgIpc) is 3.39. The van der Waals surface area contributed by atoms with E-state index in [2.05, 4.69) is 15.6 Å². The van der Waals surface area contributed by atoms with Crippen molar-refractivity contribution in [2.24, 2.45) is 5.92 Å². The monoisotopic (exact) mass is 428 g/mol. The molecule has 1 aromatic heterocycles. The van der Waals surface area contributed by atoms with E-state index in [9.17, 15) is 14.4 Å². The summed E-state index contributed by atoms with van der Waals surface area (Å²) in [5.74, 6) is -0.716. The zero-order chi connectivity index (χ0) is 21.7. The van der Waals surface area contributed by atoms with E-state index in [0.717, 1.165) is 28.1 Å². The number of nitrogens with one attached hydrogen (secondary N) is 2. The van der Waals surface area contributed by atoms with Crippen molar-refractivity contribution >= 4 is 29.1 Å². The van der Waals surface area contributed by atoms with Crippen molar-refractivity contribution in [2.75, 3.05) is 13.1 Å². The van der Waals surface area contributed by atoms with Crippen LogP contribution in [0.2, 0.25) is 0 Å². The predicted octanol–water partition coefficient (Wildman–Crippen LogP) is 2.50. The highest BCUT2D eigenvalue weighted by Gasteiger charge is 2.33. The fraction of sp³-hybridized carbons (Fsp3) is 0.455. The molecule has 0 aliphatic carbocycles. The van der Waals surface area contributed by atoms with Gasteiger partial charge in [-0.3, -0.25) is 14.4 Å². The van der Waals surface area contributed by atoms with E-state index >= 15 is 0 Å². The molecule has 7 nitrogen and oxygen atoms in total. The van der Waals surface area contributed by atoms with Gasteiger partial charge in [-0.1, -0.05) is 38.1 Å². The molecule has 0 spiro atoms. The van der Waals surface area contributed by atoms with Crippen LogP contribution in [0.15, 0.2) is 29.8 Å². The summed E-state index contributed by atoms with van der Waals surface area (Å²) in [6, 6.07) is 7.57. The van der Waals surface area contributed by atoms with Gasteiger partial charge in [-0.15, -0.1) is 11.3 Å². The second kappa shape index (κ2) is 9.84. The molecule has 0 unspecified atom stereocenters. The smallest absolute Gasteiger partial charge is 0.243 e. The van der Waals surface area contributed by atoms with Crippen molar-refractivity contribution in [3.8, 4) is 10.4 Å². The fourth-order valence-electron chi connectivity index (χ4n) is 3.47. The third-order valence-electron chi connectivity index (χ3n) is 5.24. The zero-order valence-corrected chi connectivity index (χ0v) is 18.4. The molecule has 2 heterocycles. The second-order valence-corrected chi connectivity index (χ2v) is 8.65. The first kappa shape index (κ1) is 22.0. The van der Waals surface area contributed by atoms with Gasteiger partial charge in [0.15, 0.2) is 0 Å². The number of carbonyl (C=O) groups is 3. The number of hydrogen-bond donors (Lipinski definition) is 2. The first-order valence-corrected chi connectivity index (χ1v) is 11.1. The van der Waals surface area contributed by atoms with Crippen LogP contribution in [0.3, 0.4) is 0 Å². The van der Waals surface area contributed by atoms with Crippen LogP contribution in [0.25, 0.3) is 10.4 Å². The molecule has 2 aromatic rings. The molecule has 3 amide bonds. The van der Waals surface area contributed by atoms with Gasteiger partial charge in [0.25, 0.3) is 0 Å². The minimum Gasteiger partial charge on any atom is -0.350 e. The van der Waals surface area contributed by atoms with Gasteiger partial charge in [0.2, 0.25) is 17.7 Å². The molecular weight excluding hydrogens is 400 g/mol. The highest BCUT2D eigenvalue weighted by atomic mass is 32.1. The average molecular weight is 429 g/mol. The fourth-order valence-corrected chi connectivity index (χ4v) is 4.28. The molecule has 0 radical (unpaired) electrons. The minimum atomic E-state index is -0.479. The lowest BCUT2D eigenvalue weighted by Gasteiger charge is -2.24. The molecule has 2 N–H and O–H groups in total. The molecule has 8 heteroatoms. The molecule has 3 rings (SSSR count). The molecule has 30 heavy (non-hydrogen) atoms. The molecule has 1 aliphatic heterocycles. The molecule has 1 fully saturated rings. The van der Waals surface area contributed by atoms with Crippen LogP contribution in [-0.2, 0) is 20.9 Å². The second-order valence-electron chi connectivity index (χ2n) is 7.80. The Kier molecular flexibility index (Phi) is 7.20. The molecular formula is C22H28N4O3S. The predicted molar refractivity (Wildman–Crippen MR) is 117 cm³/mol. The van der Waals surface area contributed by atoms with Gasteiger partial charge in [-0.05, 0) is 30.9 Å². The highest BCUT2D eigenvalue weighted by molar-refractivity contribution is 7.13. The van der Waals surface area contributed by atoms with Gasteiger partial charge in [-0.25, -0.2) is 4.98 Å². The van der Waals surface area contributed by atoms with E-state index in [1.165, 1.54) is 0 Å². The lowest BCUT2D eigenvalue weighted by atomic mass is 10.1. The standard InChI is InChI=1S/C22H28N4O3S/c1-14(2)21(28)24-12-19(27)26-10-4-5-18(26)22(29)23-11-16-6-8-17(9-7-16)20-15(3)25-13-30-20/h6-9,13-14,18H,4-5,10-12H2,1-3H3,(H,23,29)(H,24,28)/t18-/m0/s1. The lowest BCUT2D eigenvalue weighted by molar-refractivity contribution is -0.139. The maximum atomic E-state index is 12.7. The number of hydrogen-bond acceptors (Lipinski definition) is 5. The summed E-state index contributed by atoms with van der Waals surface area (Å²) in [4.78, 5) is 43.8. The van der Waals surface area contributed by atoms with Gasteiger partial charge in [0.1, 0.15) is 6.04 Å². The summed E-state index contributed by atoms with van der Waals surface area (Å²) in [6.45, 7) is 6.41. The number of amides is 3. The molecule has 1 saturated heterocycles. The Hall–Kier alpha value is -2.74. The first-order valence-electron chi connectivity index (χ1n) is 10.2. The van der Waals surface area contributed by atoms with E-state index in [4.69, 9.17) is 0 Å². The van der Waals surface area contributed by atoms with E-state index in [0.29, 0.717) is 19.5 Å². The van der Waals surface area contributed by atoms with Crippen molar-refractivity contribution < 1.29 is 14.4 Å². The SMILES string of the molecule is Cc1ncsc1-c1ccc(CNC(=O)[C@@H]2CCCN2C(=O)CNC(=O)C(C)C)cc1. The van der Waals surface area contributed by atoms with Crippen LogP contribution in [0, 0.1) is 12.8 Å². The Morgan fingerprint density at radius 3 is 2.57 bits per heavy atom. The number of nitrogens with zero attached hydrogens (tertiary/aromatic N) is 2. The molecule has 1 aliphatic rings. The molecule has 0 bridgehead atoms. The number of aromatic nitrogens is 1. The summed E-state index contributed by atoms with van der Waals surface area (Å²) in [5.41, 5.74) is 4.95. The van der Waals surface area contributed by atoms with Gasteiger partial charge < -0.3 is 15.5 Å². The van der Waals surface area contributed by atoms with Crippen LogP contribution < -0.4 is 10.6 Å². The number of carbonyl (C=O) groups excluding carboxylic acids is 3. The molecule has 160 valence electrons. The maximum Gasteiger partial charge on any atom is 0.243 e. The Balaban J connectivity index is 1.53. The van der Waals surface area contributed by atoms with Gasteiger partial charge in [0, 0.05) is 19.0 Å². The van der Waals surface area contributed by atoms with Crippen molar-refractivity contribution in [1.82, 2.24) is 20.5 Å². The molecule has 0 saturated carbocycles. The van der Waals surface area contributed by atoms with E-state index in [-0.39, 0.29) is 30.2 Å². The summed E-state index contributed by atoms with van der Waals surface area (Å²) < 4.78 is 0. The highest BCUT2D eigenvalue weighted by Crippen LogP contribution is 2.27. The maximum absolute atomic E-state index is 12.7. The summed E-state index contributed by atoms with van der Waals surface area (Å²) in [5, 5.41) is 5.58. The Labute approximate surface area is 180 Å². The van der Waals surface area contributed by atoms with Crippen molar-refractivity contribution in [1.29, 1.82) is 0 Å². The van der Waals surface area contributed by atoms with Gasteiger partial charge in [0.05, 0.1) is 22.6 Å². The van der Waals surface area contributed by atoms with Crippen LogP contribution in [0.1, 0.15) is 37.9 Å². The zero-order valence-electron chi connectivity index (χ0n) is 17.6. The van der Waals surface area contributed by atoms with Gasteiger partial charge >= 0.3 is 0 Å². The quantitative estimate of drug-likeness (QED) is 0.709. The Bertz CT molecular complexity index is 907. The van der Waals surface area contributed by atoms with Crippen LogP contribution >= 0.6 is 11.3 Å². The van der Waals surface area contributed by atoms with E-state index < -0.39 is 6.04 Å². The number of likely N-dealkylation sites (tertiary alicyclic amines) is 1. The van der Waals surface area contributed by atoms with Crippen molar-refractivity contribution in [3.63, 3.8) is 0 Å². The molecule has 1 atom stereocenters. The Morgan fingerprint density at radius 2 is 1.93 bits per heavy atom. The van der Waals surface area contributed by atoms with Gasteiger partial charge in [-0.2, -0.15) is 0 Å². The number of benzene rings is 1. The topological polar surface area (TPSA) is 91.4 Å². The number of aryl methyl sites for hydroxylation is 1. The lowest BCUT2D eigenvalue weighted by Crippen LogP contribution is -2.49. The summed E-state index contributed by atoms with van der Waals surface area (Å²) >= 11 is 1.61.